The second-order valence-corrected chi connectivity index (χ2v) is 3.08. The number of nitrogens with zero attached hydrogens (tertiary/aromatic N) is 1. The fourth-order valence-electron chi connectivity index (χ4n) is 1.26. The maximum absolute atomic E-state index is 5.60. The van der Waals surface area contributed by atoms with Gasteiger partial charge in [0.25, 0.3) is 0 Å². The van der Waals surface area contributed by atoms with Gasteiger partial charge in [-0.05, 0) is 25.1 Å². The van der Waals surface area contributed by atoms with Crippen LogP contribution in [0.1, 0.15) is 5.69 Å². The third-order valence-electron chi connectivity index (χ3n) is 1.96. The number of aromatic nitrogens is 1. The van der Waals surface area contributed by atoms with Gasteiger partial charge in [-0.15, -0.1) is 0 Å². The minimum Gasteiger partial charge on any atom is -0.384 e. The van der Waals surface area contributed by atoms with Crippen molar-refractivity contribution in [2.75, 3.05) is 20.3 Å². The average Bonchev–Trinajstić information content (AvgIpc) is 2.19. The highest BCUT2D eigenvalue weighted by molar-refractivity contribution is 5.04. The van der Waals surface area contributed by atoms with Crippen LogP contribution in [0.5, 0.6) is 0 Å². The molecule has 72 valence electrons. The average molecular weight is 180 g/mol. The molecule has 0 saturated heterocycles. The second kappa shape index (κ2) is 5.67. The zero-order valence-electron chi connectivity index (χ0n) is 7.94. The predicted molar refractivity (Wildman–Crippen MR) is 52.4 cm³/mol. The fraction of sp³-hybridized carbons (Fsp3) is 0.500. The smallest absolute Gasteiger partial charge is 0.0506 e. The molecule has 0 amide bonds. The Balaban J connectivity index is 2.46. The lowest BCUT2D eigenvalue weighted by atomic mass is 10.0. The predicted octanol–water partition coefficient (Wildman–Crippen LogP) is 0.845. The van der Waals surface area contributed by atoms with Crippen LogP contribution in [-0.4, -0.2) is 25.2 Å². The monoisotopic (exact) mass is 180 g/mol. The Bertz CT molecular complexity index is 226. The molecular weight excluding hydrogens is 164 g/mol. The zero-order chi connectivity index (χ0) is 9.52. The normalized spacial score (nSPS) is 12.8. The summed E-state index contributed by atoms with van der Waals surface area (Å²) >= 11 is 0. The molecule has 0 aliphatic carbocycles. The summed E-state index contributed by atoms with van der Waals surface area (Å²) in [6.07, 6.45) is 2.70. The van der Waals surface area contributed by atoms with Gasteiger partial charge < -0.3 is 10.5 Å². The lowest BCUT2D eigenvalue weighted by Gasteiger charge is -2.12. The Hall–Kier alpha value is -0.930. The van der Waals surface area contributed by atoms with Crippen molar-refractivity contribution in [3.8, 4) is 0 Å². The first-order chi connectivity index (χ1) is 6.36. The van der Waals surface area contributed by atoms with Crippen LogP contribution in [0.4, 0.5) is 0 Å². The van der Waals surface area contributed by atoms with Crippen LogP contribution in [0.25, 0.3) is 0 Å². The Labute approximate surface area is 78.9 Å². The first-order valence-electron chi connectivity index (χ1n) is 4.45. The van der Waals surface area contributed by atoms with Crippen LogP contribution >= 0.6 is 0 Å². The molecule has 0 aliphatic rings. The highest BCUT2D eigenvalue weighted by atomic mass is 16.5. The molecule has 0 spiro atoms. The van der Waals surface area contributed by atoms with E-state index in [0.717, 1.165) is 12.1 Å². The Morgan fingerprint density at radius 3 is 2.92 bits per heavy atom. The fourth-order valence-corrected chi connectivity index (χ4v) is 1.26. The molecule has 1 atom stereocenters. The van der Waals surface area contributed by atoms with E-state index >= 15 is 0 Å². The van der Waals surface area contributed by atoms with Crippen LogP contribution in [0.15, 0.2) is 24.4 Å². The first-order valence-corrected chi connectivity index (χ1v) is 4.45. The zero-order valence-corrected chi connectivity index (χ0v) is 7.94. The van der Waals surface area contributed by atoms with E-state index in [-0.39, 0.29) is 0 Å². The van der Waals surface area contributed by atoms with Crippen molar-refractivity contribution in [1.82, 2.24) is 4.98 Å². The molecule has 1 rings (SSSR count). The summed E-state index contributed by atoms with van der Waals surface area (Å²) in [5.41, 5.74) is 6.68. The number of methoxy groups -OCH3 is 1. The van der Waals surface area contributed by atoms with E-state index in [1.807, 2.05) is 18.2 Å². The summed E-state index contributed by atoms with van der Waals surface area (Å²) in [5.74, 6) is 0.375. The highest BCUT2D eigenvalue weighted by Gasteiger charge is 2.07. The van der Waals surface area contributed by atoms with Crippen LogP contribution in [0, 0.1) is 5.92 Å². The lowest BCUT2D eigenvalue weighted by Crippen LogP contribution is -2.21. The number of nitrogens with two attached hydrogens (primary N) is 1. The summed E-state index contributed by atoms with van der Waals surface area (Å²) < 4.78 is 5.06. The van der Waals surface area contributed by atoms with Gasteiger partial charge in [-0.2, -0.15) is 0 Å². The number of rotatable bonds is 5. The van der Waals surface area contributed by atoms with Gasteiger partial charge in [0.2, 0.25) is 0 Å². The van der Waals surface area contributed by atoms with Gasteiger partial charge in [0.1, 0.15) is 0 Å². The number of hydrogen-bond donors (Lipinski definition) is 1. The van der Waals surface area contributed by atoms with Gasteiger partial charge >= 0.3 is 0 Å². The van der Waals surface area contributed by atoms with Crippen LogP contribution in [0.2, 0.25) is 0 Å². The molecule has 13 heavy (non-hydrogen) atoms. The van der Waals surface area contributed by atoms with Crippen molar-refractivity contribution in [3.63, 3.8) is 0 Å². The standard InChI is InChI=1S/C10H16N2O/c1-13-8-9(7-11)6-10-4-2-3-5-12-10/h2-5,9H,6-8,11H2,1H3. The third kappa shape index (κ3) is 3.53. The number of pyridine rings is 1. The number of ether oxygens (including phenoxy) is 1. The second-order valence-electron chi connectivity index (χ2n) is 3.08. The van der Waals surface area contributed by atoms with E-state index in [1.54, 1.807) is 13.3 Å². The van der Waals surface area contributed by atoms with E-state index in [9.17, 15) is 0 Å². The maximum Gasteiger partial charge on any atom is 0.0506 e. The van der Waals surface area contributed by atoms with Crippen LogP contribution < -0.4 is 5.73 Å². The Morgan fingerprint density at radius 1 is 1.54 bits per heavy atom. The SMILES string of the molecule is COCC(CN)Cc1ccccn1. The van der Waals surface area contributed by atoms with Crippen molar-refractivity contribution < 1.29 is 4.74 Å². The van der Waals surface area contributed by atoms with Crippen molar-refractivity contribution in [2.24, 2.45) is 11.7 Å². The molecular formula is C10H16N2O. The van der Waals surface area contributed by atoms with E-state index in [1.165, 1.54) is 0 Å². The van der Waals surface area contributed by atoms with Gasteiger partial charge in [0, 0.05) is 24.9 Å². The molecule has 3 heteroatoms. The summed E-state index contributed by atoms with van der Waals surface area (Å²) in [4.78, 5) is 4.24. The van der Waals surface area contributed by atoms with Gasteiger partial charge in [-0.3, -0.25) is 4.98 Å². The van der Waals surface area contributed by atoms with Crippen molar-refractivity contribution in [1.29, 1.82) is 0 Å². The molecule has 1 unspecified atom stereocenters. The summed E-state index contributed by atoms with van der Waals surface area (Å²) in [5, 5.41) is 0. The van der Waals surface area contributed by atoms with E-state index < -0.39 is 0 Å². The van der Waals surface area contributed by atoms with Gasteiger partial charge in [-0.25, -0.2) is 0 Å². The van der Waals surface area contributed by atoms with Crippen LogP contribution in [-0.2, 0) is 11.2 Å². The molecule has 1 heterocycles. The number of hydrogen-bond acceptors (Lipinski definition) is 3. The molecule has 3 nitrogen and oxygen atoms in total. The van der Waals surface area contributed by atoms with Gasteiger partial charge in [-0.1, -0.05) is 6.07 Å². The van der Waals surface area contributed by atoms with E-state index in [4.69, 9.17) is 10.5 Å². The molecule has 0 aromatic carbocycles. The van der Waals surface area contributed by atoms with E-state index in [2.05, 4.69) is 4.98 Å². The maximum atomic E-state index is 5.60. The van der Waals surface area contributed by atoms with Gasteiger partial charge in [0.15, 0.2) is 0 Å². The lowest BCUT2D eigenvalue weighted by molar-refractivity contribution is 0.155. The molecule has 1 aromatic heterocycles. The summed E-state index contributed by atoms with van der Waals surface area (Å²) in [6.45, 7) is 1.34. The van der Waals surface area contributed by atoms with Crippen molar-refractivity contribution in [3.05, 3.63) is 30.1 Å². The Morgan fingerprint density at radius 2 is 2.38 bits per heavy atom. The summed E-state index contributed by atoms with van der Waals surface area (Å²) in [6, 6.07) is 5.91. The first kappa shape index (κ1) is 10.2. The molecule has 0 saturated carbocycles. The molecule has 0 bridgehead atoms. The molecule has 0 aliphatic heterocycles. The largest absolute Gasteiger partial charge is 0.384 e. The molecule has 1 aromatic rings. The molecule has 0 fully saturated rings. The molecule has 2 N–H and O–H groups in total. The van der Waals surface area contributed by atoms with E-state index in [0.29, 0.717) is 19.1 Å². The van der Waals surface area contributed by atoms with Crippen molar-refractivity contribution in [2.45, 2.75) is 6.42 Å². The van der Waals surface area contributed by atoms with Crippen molar-refractivity contribution >= 4 is 0 Å². The quantitative estimate of drug-likeness (QED) is 0.730. The molecule has 0 radical (unpaired) electrons. The third-order valence-corrected chi connectivity index (χ3v) is 1.96. The minimum atomic E-state index is 0.375. The topological polar surface area (TPSA) is 48.1 Å². The highest BCUT2D eigenvalue weighted by Crippen LogP contribution is 2.04. The summed E-state index contributed by atoms with van der Waals surface area (Å²) in [7, 11) is 1.70. The minimum absolute atomic E-state index is 0.375. The van der Waals surface area contributed by atoms with Gasteiger partial charge in [0.05, 0.1) is 6.61 Å². The Kier molecular flexibility index (Phi) is 4.43. The van der Waals surface area contributed by atoms with Crippen LogP contribution in [0.3, 0.4) is 0 Å².